The van der Waals surface area contributed by atoms with Gasteiger partial charge in [0.25, 0.3) is 0 Å². The van der Waals surface area contributed by atoms with Crippen molar-refractivity contribution in [2.45, 2.75) is 30.6 Å². The van der Waals surface area contributed by atoms with Crippen molar-refractivity contribution in [2.24, 2.45) is 0 Å². The Bertz CT molecular complexity index is 1080. The van der Waals surface area contributed by atoms with Gasteiger partial charge >= 0.3 is 6.03 Å². The van der Waals surface area contributed by atoms with E-state index < -0.39 is 11.9 Å². The number of carbonyl (C=O) groups is 2. The normalized spacial score (nSPS) is 15.8. The molecule has 0 unspecified atom stereocenters. The first kappa shape index (κ1) is 22.3. The minimum atomic E-state index is -0.548. The van der Waals surface area contributed by atoms with Crippen LogP contribution in [0.3, 0.4) is 0 Å². The minimum Gasteiger partial charge on any atom is -0.383 e. The zero-order valence-corrected chi connectivity index (χ0v) is 18.6. The van der Waals surface area contributed by atoms with E-state index in [1.54, 1.807) is 7.11 Å². The Morgan fingerprint density at radius 3 is 3.03 bits per heavy atom. The van der Waals surface area contributed by atoms with Crippen molar-refractivity contribution in [2.75, 3.05) is 32.6 Å². The number of methoxy groups -OCH3 is 1. The Hall–Kier alpha value is -2.89. The number of hydrogen-bond acceptors (Lipinski definition) is 7. The average molecular weight is 459 g/mol. The van der Waals surface area contributed by atoms with E-state index in [0.717, 1.165) is 41.7 Å². The van der Waals surface area contributed by atoms with Gasteiger partial charge in [0.1, 0.15) is 0 Å². The molecule has 3 heterocycles. The van der Waals surface area contributed by atoms with Crippen LogP contribution in [0.4, 0.5) is 4.79 Å². The highest BCUT2D eigenvalue weighted by Gasteiger charge is 2.23. The second kappa shape index (κ2) is 10.6. The summed E-state index contributed by atoms with van der Waals surface area (Å²) in [6.45, 7) is 2.05. The fourth-order valence-corrected chi connectivity index (χ4v) is 4.36. The number of amides is 3. The largest absolute Gasteiger partial charge is 0.383 e. The van der Waals surface area contributed by atoms with Gasteiger partial charge in [0.15, 0.2) is 11.0 Å². The number of aromatic nitrogens is 4. The maximum atomic E-state index is 12.2. The molecule has 3 N–H and O–H groups in total. The van der Waals surface area contributed by atoms with Gasteiger partial charge < -0.3 is 19.8 Å². The summed E-state index contributed by atoms with van der Waals surface area (Å²) in [4.78, 5) is 27.2. The quantitative estimate of drug-likeness (QED) is 0.332. The molecular formula is C21H26N6O4S. The molecular weight excluding hydrogens is 432 g/mol. The molecule has 1 fully saturated rings. The Balaban J connectivity index is 1.49. The maximum absolute atomic E-state index is 12.2. The smallest absolute Gasteiger partial charge is 0.321 e. The predicted molar refractivity (Wildman–Crippen MR) is 120 cm³/mol. The summed E-state index contributed by atoms with van der Waals surface area (Å²) in [5.41, 5.74) is 1.96. The number of benzene rings is 1. The van der Waals surface area contributed by atoms with Gasteiger partial charge in [-0.05, 0) is 18.9 Å². The monoisotopic (exact) mass is 458 g/mol. The molecule has 2 aromatic heterocycles. The third-order valence-electron chi connectivity index (χ3n) is 5.13. The van der Waals surface area contributed by atoms with E-state index in [2.05, 4.69) is 25.8 Å². The van der Waals surface area contributed by atoms with Crippen LogP contribution in [0.2, 0.25) is 0 Å². The molecule has 1 atom stereocenters. The number of para-hydroxylation sites is 1. The highest BCUT2D eigenvalue weighted by molar-refractivity contribution is 7.99. The fraction of sp³-hybridized carbons (Fsp3) is 0.429. The summed E-state index contributed by atoms with van der Waals surface area (Å²) >= 11 is 1.24. The van der Waals surface area contributed by atoms with Crippen LogP contribution in [0, 0.1) is 0 Å². The third kappa shape index (κ3) is 5.29. The number of nitrogens with zero attached hydrogens (tertiary/aromatic N) is 3. The van der Waals surface area contributed by atoms with Crippen LogP contribution in [-0.4, -0.2) is 70.4 Å². The van der Waals surface area contributed by atoms with Gasteiger partial charge in [0.2, 0.25) is 5.91 Å². The molecule has 1 saturated heterocycles. The summed E-state index contributed by atoms with van der Waals surface area (Å²) in [5.74, 6) is 0.346. The van der Waals surface area contributed by atoms with E-state index in [0.29, 0.717) is 24.9 Å². The summed E-state index contributed by atoms with van der Waals surface area (Å²) in [5, 5.41) is 15.3. The number of ether oxygens (including phenoxy) is 2. The predicted octanol–water partition coefficient (Wildman–Crippen LogP) is 2.17. The highest BCUT2D eigenvalue weighted by Crippen LogP contribution is 2.31. The standard InChI is InChI=1S/C21H26N6O4S/c1-30-10-8-22-20(29)24-18(28)13-32-21-26-25-19(27(21)12-14-5-4-9-31-14)16-11-23-17-7-3-2-6-15(16)17/h2-3,6-7,11,14,23H,4-5,8-10,12-13H2,1H3,(H2,22,24,28,29)/t14-/m0/s1. The molecule has 4 rings (SSSR count). The fourth-order valence-electron chi connectivity index (χ4n) is 3.61. The average Bonchev–Trinajstić information content (AvgIpc) is 3.53. The molecule has 3 amide bonds. The maximum Gasteiger partial charge on any atom is 0.321 e. The first-order chi connectivity index (χ1) is 15.7. The molecule has 10 nitrogen and oxygen atoms in total. The minimum absolute atomic E-state index is 0.0369. The van der Waals surface area contributed by atoms with Gasteiger partial charge in [0.05, 0.1) is 25.0 Å². The topological polar surface area (TPSA) is 123 Å². The SMILES string of the molecule is COCCNC(=O)NC(=O)CSc1nnc(-c2c[nH]c3ccccc23)n1C[C@@H]1CCCO1. The lowest BCUT2D eigenvalue weighted by Gasteiger charge is -2.14. The summed E-state index contributed by atoms with van der Waals surface area (Å²) < 4.78 is 12.7. The number of rotatable bonds is 9. The zero-order valence-electron chi connectivity index (χ0n) is 17.8. The summed E-state index contributed by atoms with van der Waals surface area (Å²) in [7, 11) is 1.54. The van der Waals surface area contributed by atoms with Crippen LogP contribution in [-0.2, 0) is 20.8 Å². The second-order valence-electron chi connectivity index (χ2n) is 7.39. The van der Waals surface area contributed by atoms with Gasteiger partial charge in [-0.25, -0.2) is 4.79 Å². The van der Waals surface area contributed by atoms with Crippen molar-refractivity contribution in [3.63, 3.8) is 0 Å². The summed E-state index contributed by atoms with van der Waals surface area (Å²) in [6, 6.07) is 7.46. The van der Waals surface area contributed by atoms with Crippen LogP contribution in [0.1, 0.15) is 12.8 Å². The summed E-state index contributed by atoms with van der Waals surface area (Å²) in [6.07, 6.45) is 4.00. The van der Waals surface area contributed by atoms with E-state index >= 15 is 0 Å². The molecule has 11 heteroatoms. The van der Waals surface area contributed by atoms with E-state index in [4.69, 9.17) is 9.47 Å². The Morgan fingerprint density at radius 1 is 1.34 bits per heavy atom. The van der Waals surface area contributed by atoms with Crippen molar-refractivity contribution >= 4 is 34.6 Å². The zero-order chi connectivity index (χ0) is 22.3. The van der Waals surface area contributed by atoms with Crippen LogP contribution in [0.5, 0.6) is 0 Å². The first-order valence-corrected chi connectivity index (χ1v) is 11.4. The number of hydrogen-bond donors (Lipinski definition) is 3. The number of fused-ring (bicyclic) bond motifs is 1. The van der Waals surface area contributed by atoms with E-state index in [-0.39, 0.29) is 11.9 Å². The van der Waals surface area contributed by atoms with Crippen LogP contribution >= 0.6 is 11.8 Å². The first-order valence-electron chi connectivity index (χ1n) is 10.5. The molecule has 0 radical (unpaired) electrons. The van der Waals surface area contributed by atoms with Crippen molar-refractivity contribution in [3.05, 3.63) is 30.5 Å². The molecule has 0 aliphatic carbocycles. The Morgan fingerprint density at radius 2 is 2.22 bits per heavy atom. The van der Waals surface area contributed by atoms with Crippen LogP contribution < -0.4 is 10.6 Å². The molecule has 0 saturated carbocycles. The Kier molecular flexibility index (Phi) is 7.40. The van der Waals surface area contributed by atoms with Crippen LogP contribution in [0.25, 0.3) is 22.3 Å². The van der Waals surface area contributed by atoms with Crippen molar-refractivity contribution < 1.29 is 19.1 Å². The molecule has 0 bridgehead atoms. The number of imide groups is 1. The van der Waals surface area contributed by atoms with E-state index in [9.17, 15) is 9.59 Å². The van der Waals surface area contributed by atoms with Gasteiger partial charge in [-0.15, -0.1) is 10.2 Å². The number of nitrogens with one attached hydrogen (secondary N) is 3. The van der Waals surface area contributed by atoms with Crippen LogP contribution in [0.15, 0.2) is 35.6 Å². The Labute approximate surface area is 189 Å². The van der Waals surface area contributed by atoms with Crippen molar-refractivity contribution in [1.29, 1.82) is 0 Å². The van der Waals surface area contributed by atoms with Gasteiger partial charge in [-0.2, -0.15) is 0 Å². The van der Waals surface area contributed by atoms with Crippen molar-refractivity contribution in [3.8, 4) is 11.4 Å². The number of thioether (sulfide) groups is 1. The van der Waals surface area contributed by atoms with E-state index in [1.165, 1.54) is 11.8 Å². The number of aromatic amines is 1. The number of carbonyl (C=O) groups excluding carboxylic acids is 2. The van der Waals surface area contributed by atoms with Gasteiger partial charge in [0, 0.05) is 42.9 Å². The molecule has 0 spiro atoms. The second-order valence-corrected chi connectivity index (χ2v) is 8.33. The highest BCUT2D eigenvalue weighted by atomic mass is 32.2. The lowest BCUT2D eigenvalue weighted by Crippen LogP contribution is -2.41. The van der Waals surface area contributed by atoms with Gasteiger partial charge in [-0.1, -0.05) is 30.0 Å². The number of urea groups is 1. The number of H-pyrrole nitrogens is 1. The van der Waals surface area contributed by atoms with E-state index in [1.807, 2.05) is 35.0 Å². The third-order valence-corrected chi connectivity index (χ3v) is 6.10. The molecule has 170 valence electrons. The lowest BCUT2D eigenvalue weighted by atomic mass is 10.1. The molecule has 32 heavy (non-hydrogen) atoms. The van der Waals surface area contributed by atoms with Gasteiger partial charge in [-0.3, -0.25) is 14.7 Å². The molecule has 1 aromatic carbocycles. The molecule has 1 aliphatic rings. The molecule has 3 aromatic rings. The lowest BCUT2D eigenvalue weighted by molar-refractivity contribution is -0.117. The van der Waals surface area contributed by atoms with Crippen molar-refractivity contribution in [1.82, 2.24) is 30.4 Å². The molecule has 1 aliphatic heterocycles.